The summed E-state index contributed by atoms with van der Waals surface area (Å²) in [5.41, 5.74) is 0.431. The molecule has 0 heterocycles. The molecule has 1 aromatic carbocycles. The van der Waals surface area contributed by atoms with Gasteiger partial charge in [0.25, 0.3) is 5.69 Å². The predicted octanol–water partition coefficient (Wildman–Crippen LogP) is 5.14. The highest BCUT2D eigenvalue weighted by Crippen LogP contribution is 2.37. The van der Waals surface area contributed by atoms with Gasteiger partial charge in [0.15, 0.2) is 0 Å². The van der Waals surface area contributed by atoms with E-state index in [0.717, 1.165) is 12.8 Å². The fraction of sp³-hybridized carbons (Fsp3) is 0.571. The largest absolute Gasteiger partial charge is 0.376 e. The van der Waals surface area contributed by atoms with Gasteiger partial charge >= 0.3 is 0 Å². The van der Waals surface area contributed by atoms with Crippen molar-refractivity contribution in [3.8, 4) is 0 Å². The van der Waals surface area contributed by atoms with E-state index in [1.54, 1.807) is 6.07 Å². The van der Waals surface area contributed by atoms with Crippen molar-refractivity contribution < 1.29 is 4.92 Å². The molecule has 1 saturated carbocycles. The van der Waals surface area contributed by atoms with E-state index in [9.17, 15) is 10.1 Å². The van der Waals surface area contributed by atoms with Gasteiger partial charge in [0.05, 0.1) is 15.0 Å². The average molecular weight is 317 g/mol. The molecule has 0 aliphatic heterocycles. The zero-order chi connectivity index (χ0) is 14.9. The number of anilines is 1. The predicted molar refractivity (Wildman–Crippen MR) is 82.7 cm³/mol. The maximum Gasteiger partial charge on any atom is 0.293 e. The summed E-state index contributed by atoms with van der Waals surface area (Å²) in [5, 5.41) is 15.0. The van der Waals surface area contributed by atoms with Crippen molar-refractivity contribution in [2.45, 2.75) is 39.2 Å². The fourth-order valence-corrected chi connectivity index (χ4v) is 3.11. The van der Waals surface area contributed by atoms with Crippen molar-refractivity contribution >= 4 is 34.6 Å². The molecule has 0 spiro atoms. The molecule has 6 heteroatoms. The zero-order valence-electron chi connectivity index (χ0n) is 11.5. The van der Waals surface area contributed by atoms with Crippen molar-refractivity contribution in [3.05, 3.63) is 32.3 Å². The third kappa shape index (κ3) is 3.18. The monoisotopic (exact) mass is 316 g/mol. The van der Waals surface area contributed by atoms with E-state index in [-0.39, 0.29) is 16.8 Å². The molecule has 20 heavy (non-hydrogen) atoms. The molecule has 3 unspecified atom stereocenters. The highest BCUT2D eigenvalue weighted by atomic mass is 35.5. The van der Waals surface area contributed by atoms with E-state index in [2.05, 4.69) is 19.2 Å². The molecule has 0 radical (unpaired) electrons. The van der Waals surface area contributed by atoms with Gasteiger partial charge in [-0.05, 0) is 24.3 Å². The highest BCUT2D eigenvalue weighted by molar-refractivity contribution is 6.42. The number of rotatable bonds is 3. The van der Waals surface area contributed by atoms with Gasteiger partial charge in [-0.3, -0.25) is 10.1 Å². The molecular formula is C14H18Cl2N2O2. The summed E-state index contributed by atoms with van der Waals surface area (Å²) >= 11 is 11.8. The molecule has 0 bridgehead atoms. The lowest BCUT2D eigenvalue weighted by Gasteiger charge is -2.35. The maximum absolute atomic E-state index is 11.1. The van der Waals surface area contributed by atoms with Gasteiger partial charge < -0.3 is 5.32 Å². The first-order chi connectivity index (χ1) is 9.40. The molecule has 1 fully saturated rings. The van der Waals surface area contributed by atoms with Crippen molar-refractivity contribution in [1.82, 2.24) is 0 Å². The summed E-state index contributed by atoms with van der Waals surface area (Å²) in [6, 6.07) is 3.09. The lowest BCUT2D eigenvalue weighted by molar-refractivity contribution is -0.384. The number of hydrogen-bond acceptors (Lipinski definition) is 3. The Morgan fingerprint density at radius 1 is 1.25 bits per heavy atom. The minimum Gasteiger partial charge on any atom is -0.376 e. The van der Waals surface area contributed by atoms with Crippen molar-refractivity contribution in [1.29, 1.82) is 0 Å². The van der Waals surface area contributed by atoms with Crippen LogP contribution in [0, 0.1) is 22.0 Å². The molecule has 1 aliphatic rings. The zero-order valence-corrected chi connectivity index (χ0v) is 13.0. The quantitative estimate of drug-likeness (QED) is 0.620. The van der Waals surface area contributed by atoms with Crippen LogP contribution in [0.1, 0.15) is 33.1 Å². The van der Waals surface area contributed by atoms with Gasteiger partial charge in [-0.25, -0.2) is 0 Å². The van der Waals surface area contributed by atoms with Crippen LogP contribution in [0.4, 0.5) is 11.4 Å². The second-order valence-corrected chi connectivity index (χ2v) is 6.37. The average Bonchev–Trinajstić information content (AvgIpc) is 2.38. The first-order valence-electron chi connectivity index (χ1n) is 6.80. The Morgan fingerprint density at radius 2 is 1.90 bits per heavy atom. The first kappa shape index (κ1) is 15.4. The number of halogens is 2. The highest BCUT2D eigenvalue weighted by Gasteiger charge is 2.29. The number of nitro benzene ring substituents is 1. The van der Waals surface area contributed by atoms with Crippen molar-refractivity contribution in [2.24, 2.45) is 11.8 Å². The number of benzene rings is 1. The Kier molecular flexibility index (Phi) is 4.76. The fourth-order valence-electron chi connectivity index (χ4n) is 2.79. The molecule has 1 N–H and O–H groups in total. The summed E-state index contributed by atoms with van der Waals surface area (Å²) < 4.78 is 0. The Labute approximate surface area is 128 Å². The lowest BCUT2D eigenvalue weighted by Crippen LogP contribution is -2.35. The van der Waals surface area contributed by atoms with Crippen LogP contribution in [0.5, 0.6) is 0 Å². The van der Waals surface area contributed by atoms with Crippen molar-refractivity contribution in [2.75, 3.05) is 5.32 Å². The smallest absolute Gasteiger partial charge is 0.293 e. The number of hydrogen-bond donors (Lipinski definition) is 1. The van der Waals surface area contributed by atoms with Crippen LogP contribution in [-0.4, -0.2) is 11.0 Å². The minimum absolute atomic E-state index is 0.0233. The van der Waals surface area contributed by atoms with Crippen LogP contribution >= 0.6 is 23.2 Å². The van der Waals surface area contributed by atoms with E-state index >= 15 is 0 Å². The molecule has 2 rings (SSSR count). The normalized spacial score (nSPS) is 26.3. The molecule has 1 aromatic rings. The number of nitrogens with zero attached hydrogens (tertiary/aromatic N) is 1. The van der Waals surface area contributed by atoms with Gasteiger partial charge in [0.2, 0.25) is 0 Å². The Balaban J connectivity index is 2.28. The topological polar surface area (TPSA) is 55.2 Å². The summed E-state index contributed by atoms with van der Waals surface area (Å²) in [5.74, 6) is 1.08. The molecular weight excluding hydrogens is 299 g/mol. The number of nitrogens with one attached hydrogen (secondary N) is 1. The Hall–Kier alpha value is -1.00. The third-order valence-corrected chi connectivity index (χ3v) is 5.01. The summed E-state index contributed by atoms with van der Waals surface area (Å²) in [7, 11) is 0. The van der Waals surface area contributed by atoms with Gasteiger partial charge in [0, 0.05) is 12.1 Å². The Bertz CT molecular complexity index is 522. The SMILES string of the molecule is CC1CCCC(Nc2cc(Cl)c(Cl)cc2[N+](=O)[O-])C1C. The minimum atomic E-state index is -0.429. The van der Waals surface area contributed by atoms with Crippen LogP contribution in [0.2, 0.25) is 10.0 Å². The number of nitro groups is 1. The Morgan fingerprint density at radius 3 is 2.55 bits per heavy atom. The molecule has 110 valence electrons. The molecule has 0 amide bonds. The first-order valence-corrected chi connectivity index (χ1v) is 7.55. The molecule has 1 aliphatic carbocycles. The summed E-state index contributed by atoms with van der Waals surface area (Å²) in [4.78, 5) is 10.7. The van der Waals surface area contributed by atoms with Crippen LogP contribution in [0.15, 0.2) is 12.1 Å². The maximum atomic E-state index is 11.1. The van der Waals surface area contributed by atoms with Crippen LogP contribution in [-0.2, 0) is 0 Å². The molecule has 0 saturated heterocycles. The van der Waals surface area contributed by atoms with Crippen LogP contribution in [0.3, 0.4) is 0 Å². The molecule has 0 aromatic heterocycles. The molecule has 4 nitrogen and oxygen atoms in total. The second-order valence-electron chi connectivity index (χ2n) is 5.56. The van der Waals surface area contributed by atoms with Crippen LogP contribution in [0.25, 0.3) is 0 Å². The van der Waals surface area contributed by atoms with E-state index < -0.39 is 4.92 Å². The third-order valence-electron chi connectivity index (χ3n) is 4.28. The van der Waals surface area contributed by atoms with E-state index in [1.165, 1.54) is 12.5 Å². The van der Waals surface area contributed by atoms with Gasteiger partial charge in [0.1, 0.15) is 5.69 Å². The van der Waals surface area contributed by atoms with E-state index in [4.69, 9.17) is 23.2 Å². The van der Waals surface area contributed by atoms with Crippen molar-refractivity contribution in [3.63, 3.8) is 0 Å². The van der Waals surface area contributed by atoms with Gasteiger partial charge in [-0.2, -0.15) is 0 Å². The lowest BCUT2D eigenvalue weighted by atomic mass is 9.78. The van der Waals surface area contributed by atoms with E-state index in [1.807, 2.05) is 0 Å². The van der Waals surface area contributed by atoms with Gasteiger partial charge in [-0.1, -0.05) is 49.9 Å². The second kappa shape index (κ2) is 6.19. The van der Waals surface area contributed by atoms with E-state index in [0.29, 0.717) is 22.5 Å². The summed E-state index contributed by atoms with van der Waals surface area (Å²) in [6.45, 7) is 4.41. The van der Waals surface area contributed by atoms with Crippen LogP contribution < -0.4 is 5.32 Å². The standard InChI is InChI=1S/C14H18Cl2N2O2/c1-8-4-3-5-12(9(8)2)17-13-6-10(15)11(16)7-14(13)18(19)20/h6-9,12,17H,3-5H2,1-2H3. The summed E-state index contributed by atoms with van der Waals surface area (Å²) in [6.07, 6.45) is 3.37. The molecule has 3 atom stereocenters. The van der Waals surface area contributed by atoms with Gasteiger partial charge in [-0.15, -0.1) is 0 Å².